The van der Waals surface area contributed by atoms with Crippen molar-refractivity contribution in [1.29, 1.82) is 0 Å². The van der Waals surface area contributed by atoms with E-state index in [-0.39, 0.29) is 18.6 Å². The summed E-state index contributed by atoms with van der Waals surface area (Å²) < 4.78 is 12.8. The molecule has 1 atom stereocenters. The summed E-state index contributed by atoms with van der Waals surface area (Å²) >= 11 is 0. The van der Waals surface area contributed by atoms with E-state index in [0.29, 0.717) is 13.2 Å². The molecule has 7 nitrogen and oxygen atoms in total. The van der Waals surface area contributed by atoms with E-state index in [1.165, 1.54) is 0 Å². The van der Waals surface area contributed by atoms with Gasteiger partial charge in [-0.1, -0.05) is 6.07 Å². The second-order valence-electron chi connectivity index (χ2n) is 5.65. The lowest BCUT2D eigenvalue weighted by Crippen LogP contribution is -2.30. The highest BCUT2D eigenvalue weighted by Gasteiger charge is 2.15. The predicted octanol–water partition coefficient (Wildman–Crippen LogP) is 0.974. The van der Waals surface area contributed by atoms with Crippen LogP contribution in [-0.2, 0) is 20.7 Å². The fourth-order valence-electron chi connectivity index (χ4n) is 2.65. The van der Waals surface area contributed by atoms with Crippen molar-refractivity contribution in [3.05, 3.63) is 30.2 Å². The number of hydrogen-bond acceptors (Lipinski definition) is 5. The van der Waals surface area contributed by atoms with Crippen LogP contribution in [0.25, 0.3) is 5.65 Å². The van der Waals surface area contributed by atoms with Crippen LogP contribution in [0.1, 0.15) is 25.1 Å². The highest BCUT2D eigenvalue weighted by Crippen LogP contribution is 2.11. The van der Waals surface area contributed by atoms with E-state index in [2.05, 4.69) is 15.5 Å². The topological polar surface area (TPSA) is 77.8 Å². The van der Waals surface area contributed by atoms with Crippen LogP contribution in [0.4, 0.5) is 0 Å². The molecule has 124 valence electrons. The number of pyridine rings is 1. The van der Waals surface area contributed by atoms with Crippen LogP contribution in [0.5, 0.6) is 0 Å². The fourth-order valence-corrected chi connectivity index (χ4v) is 2.65. The van der Waals surface area contributed by atoms with Gasteiger partial charge in [-0.15, -0.1) is 10.2 Å². The maximum absolute atomic E-state index is 11.7. The van der Waals surface area contributed by atoms with Gasteiger partial charge in [-0.2, -0.15) is 0 Å². The van der Waals surface area contributed by atoms with Crippen molar-refractivity contribution in [3.63, 3.8) is 0 Å². The van der Waals surface area contributed by atoms with Gasteiger partial charge < -0.3 is 14.8 Å². The molecule has 1 aliphatic rings. The minimum Gasteiger partial charge on any atom is -0.376 e. The van der Waals surface area contributed by atoms with Crippen LogP contribution in [0.15, 0.2) is 24.4 Å². The van der Waals surface area contributed by atoms with Crippen molar-refractivity contribution < 1.29 is 14.3 Å². The van der Waals surface area contributed by atoms with Gasteiger partial charge in [-0.3, -0.25) is 9.20 Å². The normalized spacial score (nSPS) is 17.7. The predicted molar refractivity (Wildman–Crippen MR) is 84.1 cm³/mol. The van der Waals surface area contributed by atoms with Crippen LogP contribution >= 0.6 is 0 Å². The van der Waals surface area contributed by atoms with E-state index in [1.54, 1.807) is 0 Å². The molecule has 1 unspecified atom stereocenters. The number of carbonyl (C=O) groups is 1. The molecule has 1 fully saturated rings. The largest absolute Gasteiger partial charge is 0.376 e. The summed E-state index contributed by atoms with van der Waals surface area (Å²) in [7, 11) is 0. The van der Waals surface area contributed by atoms with Crippen LogP contribution < -0.4 is 5.32 Å². The van der Waals surface area contributed by atoms with Crippen LogP contribution in [0.2, 0.25) is 0 Å². The molecule has 0 radical (unpaired) electrons. The number of fused-ring (bicyclic) bond motifs is 1. The van der Waals surface area contributed by atoms with Gasteiger partial charge in [0.2, 0.25) is 5.91 Å². The molecule has 3 heterocycles. The summed E-state index contributed by atoms with van der Waals surface area (Å²) in [4.78, 5) is 11.7. The molecule has 0 aromatic carbocycles. The lowest BCUT2D eigenvalue weighted by atomic mass is 10.2. The smallest absolute Gasteiger partial charge is 0.245 e. The number of ether oxygens (including phenoxy) is 2. The first kappa shape index (κ1) is 15.9. The molecule has 0 spiro atoms. The van der Waals surface area contributed by atoms with E-state index >= 15 is 0 Å². The van der Waals surface area contributed by atoms with Crippen molar-refractivity contribution in [2.75, 3.05) is 26.4 Å². The van der Waals surface area contributed by atoms with Crippen LogP contribution in [-0.4, -0.2) is 53.0 Å². The fraction of sp³-hybridized carbons (Fsp3) is 0.562. The minimum absolute atomic E-state index is 0.0888. The SMILES string of the molecule is O=C(COCC1CCCO1)NCCCc1nnc2ccccn12. The molecule has 3 rings (SSSR count). The maximum Gasteiger partial charge on any atom is 0.245 e. The Labute approximate surface area is 135 Å². The first-order chi connectivity index (χ1) is 11.3. The Morgan fingerprint density at radius 3 is 3.26 bits per heavy atom. The molecular weight excluding hydrogens is 296 g/mol. The number of rotatable bonds is 8. The average molecular weight is 318 g/mol. The van der Waals surface area contributed by atoms with Crippen LogP contribution in [0, 0.1) is 0 Å². The third kappa shape index (κ3) is 4.49. The van der Waals surface area contributed by atoms with Gasteiger partial charge in [0.1, 0.15) is 12.4 Å². The second-order valence-corrected chi connectivity index (χ2v) is 5.65. The number of hydrogen-bond donors (Lipinski definition) is 1. The molecule has 0 saturated carbocycles. The Bertz CT molecular complexity index is 637. The summed E-state index contributed by atoms with van der Waals surface area (Å²) in [5.74, 6) is 0.818. The number of nitrogens with zero attached hydrogens (tertiary/aromatic N) is 3. The molecule has 0 bridgehead atoms. The molecule has 0 aliphatic carbocycles. The summed E-state index contributed by atoms with van der Waals surface area (Å²) in [6.45, 7) is 1.99. The van der Waals surface area contributed by atoms with Crippen molar-refractivity contribution in [3.8, 4) is 0 Å². The van der Waals surface area contributed by atoms with E-state index in [9.17, 15) is 4.79 Å². The average Bonchev–Trinajstić information content (AvgIpc) is 3.21. The summed E-state index contributed by atoms with van der Waals surface area (Å²) in [6, 6.07) is 5.81. The van der Waals surface area contributed by atoms with Crippen molar-refractivity contribution in [1.82, 2.24) is 19.9 Å². The molecule has 2 aromatic heterocycles. The summed E-state index contributed by atoms with van der Waals surface area (Å²) in [5, 5.41) is 11.1. The zero-order valence-electron chi connectivity index (χ0n) is 13.1. The maximum atomic E-state index is 11.7. The number of aromatic nitrogens is 3. The molecule has 1 amide bonds. The third-order valence-corrected chi connectivity index (χ3v) is 3.84. The number of amides is 1. The van der Waals surface area contributed by atoms with Gasteiger partial charge in [0, 0.05) is 25.8 Å². The second kappa shape index (κ2) is 8.03. The molecule has 1 saturated heterocycles. The van der Waals surface area contributed by atoms with Gasteiger partial charge in [0.25, 0.3) is 0 Å². The van der Waals surface area contributed by atoms with Crippen molar-refractivity contribution >= 4 is 11.6 Å². The first-order valence-electron chi connectivity index (χ1n) is 8.07. The Balaban J connectivity index is 1.31. The Kier molecular flexibility index (Phi) is 5.55. The summed E-state index contributed by atoms with van der Waals surface area (Å²) in [5.41, 5.74) is 0.842. The lowest BCUT2D eigenvalue weighted by Gasteiger charge is -2.10. The highest BCUT2D eigenvalue weighted by molar-refractivity contribution is 5.77. The third-order valence-electron chi connectivity index (χ3n) is 3.84. The Morgan fingerprint density at radius 1 is 1.43 bits per heavy atom. The molecule has 1 N–H and O–H groups in total. The highest BCUT2D eigenvalue weighted by atomic mass is 16.5. The number of nitrogens with one attached hydrogen (secondary N) is 1. The van der Waals surface area contributed by atoms with E-state index in [1.807, 2.05) is 28.8 Å². The summed E-state index contributed by atoms with van der Waals surface area (Å²) in [6.07, 6.45) is 5.78. The Hall–Kier alpha value is -1.99. The lowest BCUT2D eigenvalue weighted by molar-refractivity contribution is -0.126. The zero-order valence-corrected chi connectivity index (χ0v) is 13.1. The van der Waals surface area contributed by atoms with Gasteiger partial charge >= 0.3 is 0 Å². The number of carbonyl (C=O) groups excluding carboxylic acids is 1. The molecule has 7 heteroatoms. The first-order valence-corrected chi connectivity index (χ1v) is 8.07. The van der Waals surface area contributed by atoms with E-state index < -0.39 is 0 Å². The van der Waals surface area contributed by atoms with Gasteiger partial charge in [-0.05, 0) is 31.4 Å². The van der Waals surface area contributed by atoms with E-state index in [4.69, 9.17) is 9.47 Å². The monoisotopic (exact) mass is 318 g/mol. The zero-order chi connectivity index (χ0) is 15.9. The van der Waals surface area contributed by atoms with Gasteiger partial charge in [0.05, 0.1) is 12.7 Å². The van der Waals surface area contributed by atoms with Crippen molar-refractivity contribution in [2.24, 2.45) is 0 Å². The molecule has 1 aliphatic heterocycles. The Morgan fingerprint density at radius 2 is 2.39 bits per heavy atom. The standard InChI is InChI=1S/C16H22N4O3/c21-16(12-22-11-13-5-4-10-23-13)17-8-3-7-15-19-18-14-6-1-2-9-20(14)15/h1-2,6,9,13H,3-5,7-8,10-12H2,(H,17,21). The van der Waals surface area contributed by atoms with E-state index in [0.717, 1.165) is 43.8 Å². The number of aryl methyl sites for hydroxylation is 1. The quantitative estimate of drug-likeness (QED) is 0.734. The van der Waals surface area contributed by atoms with Crippen LogP contribution in [0.3, 0.4) is 0 Å². The molecular formula is C16H22N4O3. The molecule has 2 aromatic rings. The van der Waals surface area contributed by atoms with Gasteiger partial charge in [0.15, 0.2) is 5.65 Å². The minimum atomic E-state index is -0.0888. The van der Waals surface area contributed by atoms with Crippen molar-refractivity contribution in [2.45, 2.75) is 31.8 Å². The van der Waals surface area contributed by atoms with Gasteiger partial charge in [-0.25, -0.2) is 0 Å². The molecule has 23 heavy (non-hydrogen) atoms.